The fourth-order valence-corrected chi connectivity index (χ4v) is 1.53. The summed E-state index contributed by atoms with van der Waals surface area (Å²) in [7, 11) is 0. The van der Waals surface area contributed by atoms with E-state index in [1.165, 1.54) is 0 Å². The topological polar surface area (TPSA) is 35.0 Å². The van der Waals surface area contributed by atoms with Gasteiger partial charge < -0.3 is 4.74 Å². The molecule has 0 fully saturated rings. The molecule has 3 nitrogen and oxygen atoms in total. The number of hydrogen-bond donors (Lipinski definition) is 0. The third kappa shape index (κ3) is 3.17. The molecule has 4 heteroatoms. The van der Waals surface area contributed by atoms with Gasteiger partial charge in [0.1, 0.15) is 10.9 Å². The Hall–Kier alpha value is -1.61. The van der Waals surface area contributed by atoms with Gasteiger partial charge in [-0.05, 0) is 36.8 Å². The van der Waals surface area contributed by atoms with E-state index in [4.69, 9.17) is 16.3 Å². The highest BCUT2D eigenvalue weighted by atomic mass is 35.5. The molecule has 0 aliphatic carbocycles. The molecule has 17 heavy (non-hydrogen) atoms. The number of ether oxygens (including phenoxy) is 1. The van der Waals surface area contributed by atoms with Crippen LogP contribution in [-0.2, 0) is 0 Å². The maximum atomic E-state index is 5.82. The summed E-state index contributed by atoms with van der Waals surface area (Å²) >= 11 is 5.82. The minimum atomic E-state index is 0.446. The maximum Gasteiger partial charge on any atom is 0.160 e. The van der Waals surface area contributed by atoms with Crippen LogP contribution in [0, 0.1) is 0 Å². The Bertz CT molecular complexity index is 485. The highest BCUT2D eigenvalue weighted by molar-refractivity contribution is 6.29. The van der Waals surface area contributed by atoms with E-state index in [2.05, 4.69) is 16.9 Å². The van der Waals surface area contributed by atoms with Crippen molar-refractivity contribution >= 4 is 11.6 Å². The van der Waals surface area contributed by atoms with E-state index >= 15 is 0 Å². The second-order valence-corrected chi connectivity index (χ2v) is 3.96. The maximum absolute atomic E-state index is 5.82. The summed E-state index contributed by atoms with van der Waals surface area (Å²) in [6.07, 6.45) is 2.64. The van der Waals surface area contributed by atoms with Crippen LogP contribution in [0.25, 0.3) is 11.4 Å². The van der Waals surface area contributed by atoms with Gasteiger partial charge >= 0.3 is 0 Å². The van der Waals surface area contributed by atoms with Crippen molar-refractivity contribution in [3.63, 3.8) is 0 Å². The zero-order chi connectivity index (χ0) is 12.1. The fourth-order valence-electron chi connectivity index (χ4n) is 1.40. The number of rotatable bonds is 4. The molecule has 0 amide bonds. The van der Waals surface area contributed by atoms with Crippen molar-refractivity contribution < 1.29 is 4.74 Å². The van der Waals surface area contributed by atoms with Gasteiger partial charge in [0.15, 0.2) is 5.82 Å². The standard InChI is InChI=1S/C13H13ClN2O/c1-2-9-17-11-5-3-10(4-6-11)13-15-8-7-12(14)16-13/h3-8H,2,9H2,1H3. The number of nitrogens with zero attached hydrogens (tertiary/aromatic N) is 2. The first kappa shape index (κ1) is 11.9. The summed E-state index contributed by atoms with van der Waals surface area (Å²) in [5.41, 5.74) is 0.927. The van der Waals surface area contributed by atoms with Crippen LogP contribution in [0.4, 0.5) is 0 Å². The molecule has 0 aliphatic heterocycles. The van der Waals surface area contributed by atoms with Gasteiger partial charge in [-0.25, -0.2) is 9.97 Å². The summed E-state index contributed by atoms with van der Waals surface area (Å²) in [5.74, 6) is 1.48. The first-order valence-electron chi connectivity index (χ1n) is 5.51. The van der Waals surface area contributed by atoms with Crippen LogP contribution in [0.2, 0.25) is 5.15 Å². The van der Waals surface area contributed by atoms with Crippen molar-refractivity contribution in [2.75, 3.05) is 6.61 Å². The number of hydrogen-bond acceptors (Lipinski definition) is 3. The zero-order valence-electron chi connectivity index (χ0n) is 9.56. The summed E-state index contributed by atoms with van der Waals surface area (Å²) in [6.45, 7) is 2.81. The Kier molecular flexibility index (Phi) is 3.94. The van der Waals surface area contributed by atoms with Crippen molar-refractivity contribution in [1.29, 1.82) is 0 Å². The minimum absolute atomic E-state index is 0.446. The summed E-state index contributed by atoms with van der Waals surface area (Å²) in [5, 5.41) is 0.446. The van der Waals surface area contributed by atoms with Gasteiger partial charge in [0, 0.05) is 11.8 Å². The predicted octanol–water partition coefficient (Wildman–Crippen LogP) is 3.59. The molecule has 0 radical (unpaired) electrons. The average Bonchev–Trinajstić information content (AvgIpc) is 2.37. The lowest BCUT2D eigenvalue weighted by molar-refractivity contribution is 0.317. The average molecular weight is 249 g/mol. The molecule has 1 aromatic heterocycles. The summed E-state index contributed by atoms with van der Waals surface area (Å²) in [4.78, 5) is 8.31. The first-order chi connectivity index (χ1) is 8.29. The molecule has 2 rings (SSSR count). The van der Waals surface area contributed by atoms with Crippen LogP contribution in [0.3, 0.4) is 0 Å². The Balaban J connectivity index is 2.17. The monoisotopic (exact) mass is 248 g/mol. The van der Waals surface area contributed by atoms with Crippen LogP contribution >= 0.6 is 11.6 Å². The van der Waals surface area contributed by atoms with Crippen LogP contribution in [0.15, 0.2) is 36.5 Å². The lowest BCUT2D eigenvalue weighted by atomic mass is 10.2. The number of halogens is 1. The van der Waals surface area contributed by atoms with Gasteiger partial charge in [-0.15, -0.1) is 0 Å². The molecule has 0 spiro atoms. The SMILES string of the molecule is CCCOc1ccc(-c2nccc(Cl)n2)cc1. The van der Waals surface area contributed by atoms with Gasteiger partial charge in [0.2, 0.25) is 0 Å². The predicted molar refractivity (Wildman–Crippen MR) is 68.3 cm³/mol. The Morgan fingerprint density at radius 3 is 2.59 bits per heavy atom. The smallest absolute Gasteiger partial charge is 0.160 e. The van der Waals surface area contributed by atoms with Crippen molar-refractivity contribution in [3.8, 4) is 17.1 Å². The molecule has 0 atom stereocenters. The lowest BCUT2D eigenvalue weighted by Gasteiger charge is -2.05. The fraction of sp³-hybridized carbons (Fsp3) is 0.231. The summed E-state index contributed by atoms with van der Waals surface area (Å²) < 4.78 is 5.50. The van der Waals surface area contributed by atoms with Crippen molar-refractivity contribution in [3.05, 3.63) is 41.7 Å². The minimum Gasteiger partial charge on any atom is -0.494 e. The third-order valence-corrected chi connectivity index (χ3v) is 2.42. The van der Waals surface area contributed by atoms with Gasteiger partial charge in [0.05, 0.1) is 6.61 Å². The molecule has 2 aromatic rings. The van der Waals surface area contributed by atoms with Crippen LogP contribution in [0.1, 0.15) is 13.3 Å². The van der Waals surface area contributed by atoms with E-state index in [1.807, 2.05) is 24.3 Å². The van der Waals surface area contributed by atoms with Crippen molar-refractivity contribution in [1.82, 2.24) is 9.97 Å². The number of benzene rings is 1. The highest BCUT2D eigenvalue weighted by Crippen LogP contribution is 2.20. The van der Waals surface area contributed by atoms with E-state index in [9.17, 15) is 0 Å². The van der Waals surface area contributed by atoms with Gasteiger partial charge in [-0.3, -0.25) is 0 Å². The van der Waals surface area contributed by atoms with Crippen LogP contribution in [-0.4, -0.2) is 16.6 Å². The normalized spacial score (nSPS) is 10.2. The van der Waals surface area contributed by atoms with Gasteiger partial charge in [-0.2, -0.15) is 0 Å². The lowest BCUT2D eigenvalue weighted by Crippen LogP contribution is -1.95. The van der Waals surface area contributed by atoms with Gasteiger partial charge in [-0.1, -0.05) is 18.5 Å². The molecule has 1 heterocycles. The molecule has 0 aliphatic rings. The van der Waals surface area contributed by atoms with Crippen molar-refractivity contribution in [2.45, 2.75) is 13.3 Å². The molecule has 0 unspecified atom stereocenters. The molecule has 1 aromatic carbocycles. The van der Waals surface area contributed by atoms with E-state index in [0.29, 0.717) is 11.0 Å². The van der Waals surface area contributed by atoms with Crippen LogP contribution < -0.4 is 4.74 Å². The molecule has 0 saturated carbocycles. The zero-order valence-corrected chi connectivity index (χ0v) is 10.3. The van der Waals surface area contributed by atoms with E-state index in [1.54, 1.807) is 12.3 Å². The molecule has 0 N–H and O–H groups in total. The van der Waals surface area contributed by atoms with Crippen molar-refractivity contribution in [2.24, 2.45) is 0 Å². The Morgan fingerprint density at radius 2 is 1.94 bits per heavy atom. The highest BCUT2D eigenvalue weighted by Gasteiger charge is 2.02. The largest absolute Gasteiger partial charge is 0.494 e. The Morgan fingerprint density at radius 1 is 1.18 bits per heavy atom. The molecular formula is C13H13ClN2O. The second kappa shape index (κ2) is 5.64. The second-order valence-electron chi connectivity index (χ2n) is 3.58. The molecule has 88 valence electrons. The van der Waals surface area contributed by atoms with Gasteiger partial charge in [0.25, 0.3) is 0 Å². The van der Waals surface area contributed by atoms with E-state index < -0.39 is 0 Å². The first-order valence-corrected chi connectivity index (χ1v) is 5.89. The number of aromatic nitrogens is 2. The van der Waals surface area contributed by atoms with E-state index in [0.717, 1.165) is 24.3 Å². The molecular weight excluding hydrogens is 236 g/mol. The van der Waals surface area contributed by atoms with E-state index in [-0.39, 0.29) is 0 Å². The van der Waals surface area contributed by atoms with Crippen LogP contribution in [0.5, 0.6) is 5.75 Å². The quantitative estimate of drug-likeness (QED) is 0.776. The molecule has 0 bridgehead atoms. The Labute approximate surface area is 105 Å². The summed E-state index contributed by atoms with van der Waals surface area (Å²) in [6, 6.07) is 9.33. The molecule has 0 saturated heterocycles. The third-order valence-electron chi connectivity index (χ3n) is 2.21.